The first-order valence-corrected chi connectivity index (χ1v) is 19.7. The van der Waals surface area contributed by atoms with Crippen LogP contribution in [0.1, 0.15) is 78.1 Å². The molecule has 0 bridgehead atoms. The number of aliphatic hydroxyl groups excluding tert-OH is 1. The minimum absolute atomic E-state index is 0.0363. The number of nitrogens with zero attached hydrogens (tertiary/aromatic N) is 2. The number of hydrogen-bond donors (Lipinski definition) is 4. The van der Waals surface area contributed by atoms with Crippen molar-refractivity contribution in [3.05, 3.63) is 33.3 Å². The van der Waals surface area contributed by atoms with Gasteiger partial charge < -0.3 is 20.2 Å². The molecule has 0 radical (unpaired) electrons. The van der Waals surface area contributed by atoms with Crippen LogP contribution in [0, 0.1) is 17.8 Å². The van der Waals surface area contributed by atoms with E-state index in [4.69, 9.17) is 55.8 Å². The van der Waals surface area contributed by atoms with Gasteiger partial charge in [0.25, 0.3) is 10.1 Å². The molecule has 2 aliphatic carbocycles. The van der Waals surface area contributed by atoms with Gasteiger partial charge in [-0.2, -0.15) is 8.42 Å². The first kappa shape index (κ1) is 42.3. The molecule has 0 saturated heterocycles. The van der Waals surface area contributed by atoms with Crippen LogP contribution in [0.15, 0.2) is 38.5 Å². The normalized spacial score (nSPS) is 22.5. The summed E-state index contributed by atoms with van der Waals surface area (Å²) in [5.74, 6) is -1.23. The number of halogens is 4. The number of nitrogens with one attached hydrogen (secondary N) is 2. The standard InChI is InChI=1S/C32H52Cl4N4O6S/c1-4-6-8-31(41)38-26(5-2)11-13-37-14-12-27(22-9-10-28(35)29(36)19-22)30(39-46-15-7-16-47(43,44)45)21-40(3)32(42)23-17-24(33)20-25(34)18-23/h10,19-20,22-24,26-27,31,37-38,41H,4-9,11-18,21H2,1-3H3,(H,43,44,45)/b39-30+. The van der Waals surface area contributed by atoms with Crippen molar-refractivity contribution in [2.75, 3.05) is 39.0 Å². The molecule has 2 aliphatic rings. The molecule has 2 rings (SSSR count). The lowest BCUT2D eigenvalue weighted by atomic mass is 9.81. The minimum atomic E-state index is -4.13. The summed E-state index contributed by atoms with van der Waals surface area (Å²) in [6, 6.07) is 0.182. The average molecular weight is 763 g/mol. The van der Waals surface area contributed by atoms with Gasteiger partial charge in [0, 0.05) is 36.4 Å². The lowest BCUT2D eigenvalue weighted by Gasteiger charge is -2.32. The van der Waals surface area contributed by atoms with Gasteiger partial charge in [-0.15, -0.1) is 11.6 Å². The topological polar surface area (TPSA) is 141 Å². The Morgan fingerprint density at radius 3 is 2.49 bits per heavy atom. The van der Waals surface area contributed by atoms with Crippen LogP contribution in [0.25, 0.3) is 0 Å². The summed E-state index contributed by atoms with van der Waals surface area (Å²) in [6.45, 7) is 5.69. The van der Waals surface area contributed by atoms with E-state index in [1.165, 1.54) is 0 Å². The van der Waals surface area contributed by atoms with Gasteiger partial charge in [0.1, 0.15) is 12.8 Å². The predicted molar refractivity (Wildman–Crippen MR) is 193 cm³/mol. The van der Waals surface area contributed by atoms with E-state index in [0.29, 0.717) is 53.0 Å². The van der Waals surface area contributed by atoms with Crippen molar-refractivity contribution in [3.8, 4) is 0 Å². The van der Waals surface area contributed by atoms with E-state index in [1.54, 1.807) is 18.0 Å². The van der Waals surface area contributed by atoms with Crippen molar-refractivity contribution in [1.82, 2.24) is 15.5 Å². The molecule has 1 amide bonds. The Balaban J connectivity index is 2.20. The maximum Gasteiger partial charge on any atom is 0.264 e. The number of oxime groups is 1. The van der Waals surface area contributed by atoms with Gasteiger partial charge in [0.15, 0.2) is 0 Å². The fourth-order valence-electron chi connectivity index (χ4n) is 5.79. The Hall–Kier alpha value is -0.890. The highest BCUT2D eigenvalue weighted by atomic mass is 35.5. The molecule has 0 aliphatic heterocycles. The quantitative estimate of drug-likeness (QED) is 0.0250. The molecule has 6 atom stereocenters. The third kappa shape index (κ3) is 16.6. The third-order valence-corrected chi connectivity index (χ3v) is 10.6. The van der Waals surface area contributed by atoms with Crippen molar-refractivity contribution < 1.29 is 27.7 Å². The van der Waals surface area contributed by atoms with Crippen LogP contribution >= 0.6 is 46.4 Å². The van der Waals surface area contributed by atoms with Crippen LogP contribution in [0.5, 0.6) is 0 Å². The molecule has 0 spiro atoms. The molecule has 0 aromatic carbocycles. The largest absolute Gasteiger partial charge is 0.396 e. The fraction of sp³-hybridized carbons (Fsp3) is 0.750. The van der Waals surface area contributed by atoms with Crippen LogP contribution in [-0.4, -0.2) is 91.3 Å². The van der Waals surface area contributed by atoms with Gasteiger partial charge in [0.2, 0.25) is 5.91 Å². The first-order chi connectivity index (χ1) is 22.2. The van der Waals surface area contributed by atoms with E-state index in [0.717, 1.165) is 38.6 Å². The highest BCUT2D eigenvalue weighted by Gasteiger charge is 2.32. The van der Waals surface area contributed by atoms with Gasteiger partial charge in [-0.25, -0.2) is 0 Å². The molecule has 15 heteroatoms. The third-order valence-electron chi connectivity index (χ3n) is 8.41. The van der Waals surface area contributed by atoms with Crippen molar-refractivity contribution in [3.63, 3.8) is 0 Å². The molecule has 0 aromatic heterocycles. The van der Waals surface area contributed by atoms with Gasteiger partial charge in [-0.05, 0) is 70.4 Å². The predicted octanol–water partition coefficient (Wildman–Crippen LogP) is 6.36. The average Bonchev–Trinajstić information content (AvgIpc) is 3.00. The van der Waals surface area contributed by atoms with E-state index in [2.05, 4.69) is 29.6 Å². The fourth-order valence-corrected chi connectivity index (χ4v) is 7.43. The molecule has 6 unspecified atom stereocenters. The van der Waals surface area contributed by atoms with E-state index in [1.807, 2.05) is 12.2 Å². The van der Waals surface area contributed by atoms with Crippen molar-refractivity contribution >= 4 is 68.1 Å². The Kier molecular flexibility index (Phi) is 19.8. The zero-order chi connectivity index (χ0) is 35.0. The Labute approximate surface area is 301 Å². The SMILES string of the molecule is CCCCC(O)NC(CC)CCNCCC(/C(CN(C)C(=O)C1CC(Cl)=CC(Cl)C1)=N/OCCCS(=O)(=O)O)C1C=C(Cl)C(Cl)=CC1. The zero-order valence-corrected chi connectivity index (χ0v) is 31.5. The van der Waals surface area contributed by atoms with E-state index in [9.17, 15) is 18.3 Å². The molecule has 0 saturated carbocycles. The lowest BCUT2D eigenvalue weighted by molar-refractivity contribution is -0.133. The van der Waals surface area contributed by atoms with Crippen LogP contribution in [0.2, 0.25) is 0 Å². The van der Waals surface area contributed by atoms with Crippen molar-refractivity contribution in [2.24, 2.45) is 22.9 Å². The maximum absolute atomic E-state index is 13.5. The van der Waals surface area contributed by atoms with E-state index in [-0.39, 0.29) is 54.7 Å². The number of carbonyl (C=O) groups is 1. The lowest BCUT2D eigenvalue weighted by Crippen LogP contribution is -2.42. The van der Waals surface area contributed by atoms with Gasteiger partial charge in [-0.3, -0.25) is 14.7 Å². The van der Waals surface area contributed by atoms with Crippen molar-refractivity contribution in [2.45, 2.75) is 95.7 Å². The summed E-state index contributed by atoms with van der Waals surface area (Å²) in [7, 11) is -2.43. The summed E-state index contributed by atoms with van der Waals surface area (Å²) in [5, 5.41) is 22.7. The van der Waals surface area contributed by atoms with Gasteiger partial charge in [0.05, 0.1) is 33.5 Å². The van der Waals surface area contributed by atoms with Crippen LogP contribution in [0.4, 0.5) is 0 Å². The molecule has 4 N–H and O–H groups in total. The number of amides is 1. The molecular formula is C32H52Cl4N4O6S. The number of alkyl halides is 1. The van der Waals surface area contributed by atoms with Crippen LogP contribution < -0.4 is 10.6 Å². The summed E-state index contributed by atoms with van der Waals surface area (Å²) in [5.41, 5.74) is 0.596. The summed E-state index contributed by atoms with van der Waals surface area (Å²) in [4.78, 5) is 20.7. The van der Waals surface area contributed by atoms with Crippen molar-refractivity contribution in [1.29, 1.82) is 0 Å². The van der Waals surface area contributed by atoms with Crippen LogP contribution in [-0.2, 0) is 19.8 Å². The zero-order valence-electron chi connectivity index (χ0n) is 27.6. The smallest absolute Gasteiger partial charge is 0.264 e. The monoisotopic (exact) mass is 760 g/mol. The second kappa shape index (κ2) is 22.0. The first-order valence-electron chi connectivity index (χ1n) is 16.5. The molecule has 10 nitrogen and oxygen atoms in total. The number of carbonyl (C=O) groups excluding carboxylic acids is 1. The minimum Gasteiger partial charge on any atom is -0.396 e. The number of allylic oxidation sites excluding steroid dienone is 6. The summed E-state index contributed by atoms with van der Waals surface area (Å²) >= 11 is 25.3. The highest BCUT2D eigenvalue weighted by molar-refractivity contribution is 7.85. The molecule has 47 heavy (non-hydrogen) atoms. The van der Waals surface area contributed by atoms with E-state index < -0.39 is 22.1 Å². The van der Waals surface area contributed by atoms with Crippen LogP contribution in [0.3, 0.4) is 0 Å². The molecule has 0 heterocycles. The highest BCUT2D eigenvalue weighted by Crippen LogP contribution is 2.35. The maximum atomic E-state index is 13.5. The molecule has 0 fully saturated rings. The molecule has 270 valence electrons. The molecule has 0 aromatic rings. The molecular weight excluding hydrogens is 710 g/mol. The number of rotatable bonds is 22. The summed E-state index contributed by atoms with van der Waals surface area (Å²) in [6.07, 6.45) is 11.7. The number of aliphatic hydroxyl groups is 1. The second-order valence-corrected chi connectivity index (χ2v) is 15.8. The van der Waals surface area contributed by atoms with Gasteiger partial charge >= 0.3 is 0 Å². The number of hydrogen-bond acceptors (Lipinski definition) is 8. The Morgan fingerprint density at radius 1 is 1.13 bits per heavy atom. The van der Waals surface area contributed by atoms with Gasteiger partial charge in [-0.1, -0.05) is 78.5 Å². The van der Waals surface area contributed by atoms with E-state index >= 15 is 0 Å². The Morgan fingerprint density at radius 2 is 1.85 bits per heavy atom. The number of unbranched alkanes of at least 4 members (excludes halogenated alkanes) is 1. The second-order valence-electron chi connectivity index (χ2n) is 12.3. The Bertz CT molecular complexity index is 1220. The summed E-state index contributed by atoms with van der Waals surface area (Å²) < 4.78 is 31.5.